The second kappa shape index (κ2) is 6.59. The lowest BCUT2D eigenvalue weighted by atomic mass is 10.1. The van der Waals surface area contributed by atoms with E-state index in [9.17, 15) is 0 Å². The van der Waals surface area contributed by atoms with Crippen LogP contribution in [0.5, 0.6) is 0 Å². The molecule has 1 atom stereocenters. The lowest BCUT2D eigenvalue weighted by Gasteiger charge is -2.27. The quantitative estimate of drug-likeness (QED) is 0.823. The molecule has 1 fully saturated rings. The van der Waals surface area contributed by atoms with Crippen molar-refractivity contribution < 1.29 is 4.74 Å². The van der Waals surface area contributed by atoms with Crippen LogP contribution in [-0.4, -0.2) is 40.8 Å². The van der Waals surface area contributed by atoms with E-state index in [1.54, 1.807) is 0 Å². The third-order valence-corrected chi connectivity index (χ3v) is 4.06. The molecule has 0 unspecified atom stereocenters. The number of ether oxygens (including phenoxy) is 1. The fraction of sp³-hybridized carbons (Fsp3) is 0.846. The van der Waals surface area contributed by atoms with Gasteiger partial charge in [0.2, 0.25) is 0 Å². The third-order valence-electron chi connectivity index (χ3n) is 3.33. The van der Waals surface area contributed by atoms with E-state index in [2.05, 4.69) is 35.4 Å². The van der Waals surface area contributed by atoms with Crippen LogP contribution >= 0.6 is 11.5 Å². The Hall–Kier alpha value is -0.520. The summed E-state index contributed by atoms with van der Waals surface area (Å²) >= 11 is 1.52. The average molecular weight is 269 g/mol. The van der Waals surface area contributed by atoms with Gasteiger partial charge in [0.05, 0.1) is 16.7 Å². The molecule has 102 valence electrons. The number of likely N-dealkylation sites (N-methyl/N-ethyl adjacent to an activating group) is 1. The Bertz CT molecular complexity index is 361. The number of rotatable bonds is 5. The SMILES string of the molecule is CC(C)c1nnsc1CN(C)C[C@@H]1CCCCO1. The Morgan fingerprint density at radius 2 is 2.28 bits per heavy atom. The van der Waals surface area contributed by atoms with Crippen molar-refractivity contribution >= 4 is 11.5 Å². The maximum absolute atomic E-state index is 5.78. The van der Waals surface area contributed by atoms with Gasteiger partial charge in [0, 0.05) is 19.7 Å². The summed E-state index contributed by atoms with van der Waals surface area (Å²) in [6.45, 7) is 7.22. The first-order valence-electron chi connectivity index (χ1n) is 6.78. The average Bonchev–Trinajstić information content (AvgIpc) is 2.78. The zero-order valence-corrected chi connectivity index (χ0v) is 12.4. The van der Waals surface area contributed by atoms with Crippen molar-refractivity contribution in [3.05, 3.63) is 10.6 Å². The van der Waals surface area contributed by atoms with Crippen molar-refractivity contribution in [1.29, 1.82) is 0 Å². The highest BCUT2D eigenvalue weighted by molar-refractivity contribution is 7.05. The smallest absolute Gasteiger partial charge is 0.0826 e. The van der Waals surface area contributed by atoms with E-state index < -0.39 is 0 Å². The molecule has 0 aromatic carbocycles. The predicted molar refractivity (Wildman–Crippen MR) is 73.9 cm³/mol. The molecule has 0 aliphatic carbocycles. The molecular weight excluding hydrogens is 246 g/mol. The lowest BCUT2D eigenvalue weighted by molar-refractivity contribution is -0.00250. The third kappa shape index (κ3) is 3.73. The minimum atomic E-state index is 0.409. The monoisotopic (exact) mass is 269 g/mol. The molecule has 0 radical (unpaired) electrons. The van der Waals surface area contributed by atoms with Crippen LogP contribution in [0.15, 0.2) is 0 Å². The molecule has 2 heterocycles. The normalized spacial score (nSPS) is 20.8. The van der Waals surface area contributed by atoms with E-state index in [1.807, 2.05) is 0 Å². The van der Waals surface area contributed by atoms with Gasteiger partial charge in [-0.2, -0.15) is 0 Å². The number of aromatic nitrogens is 2. The Balaban J connectivity index is 1.86. The summed E-state index contributed by atoms with van der Waals surface area (Å²) in [5, 5.41) is 4.23. The second-order valence-electron chi connectivity index (χ2n) is 5.42. The van der Waals surface area contributed by atoms with Gasteiger partial charge in [-0.25, -0.2) is 0 Å². The fourth-order valence-corrected chi connectivity index (χ4v) is 3.25. The summed E-state index contributed by atoms with van der Waals surface area (Å²) in [5.74, 6) is 0.457. The molecule has 1 aliphatic rings. The second-order valence-corrected chi connectivity index (χ2v) is 6.26. The van der Waals surface area contributed by atoms with Gasteiger partial charge in [-0.1, -0.05) is 18.3 Å². The standard InChI is InChI=1S/C13H23N3OS/c1-10(2)13-12(18-15-14-13)9-16(3)8-11-6-4-5-7-17-11/h10-11H,4-9H2,1-3H3/t11-/m0/s1. The van der Waals surface area contributed by atoms with Crippen molar-refractivity contribution in [2.24, 2.45) is 0 Å². The highest BCUT2D eigenvalue weighted by Crippen LogP contribution is 2.21. The van der Waals surface area contributed by atoms with Crippen LogP contribution in [0.3, 0.4) is 0 Å². The molecule has 1 aliphatic heterocycles. The minimum absolute atomic E-state index is 0.409. The van der Waals surface area contributed by atoms with Crippen LogP contribution < -0.4 is 0 Å². The molecular formula is C13H23N3OS. The Morgan fingerprint density at radius 1 is 1.44 bits per heavy atom. The number of hydrogen-bond acceptors (Lipinski definition) is 5. The summed E-state index contributed by atoms with van der Waals surface area (Å²) in [7, 11) is 2.15. The van der Waals surface area contributed by atoms with Crippen LogP contribution in [0.25, 0.3) is 0 Å². The topological polar surface area (TPSA) is 38.2 Å². The van der Waals surface area contributed by atoms with E-state index in [0.29, 0.717) is 12.0 Å². The van der Waals surface area contributed by atoms with E-state index in [0.717, 1.165) is 25.4 Å². The molecule has 0 amide bonds. The van der Waals surface area contributed by atoms with Crippen LogP contribution in [0.4, 0.5) is 0 Å². The summed E-state index contributed by atoms with van der Waals surface area (Å²) in [6, 6.07) is 0. The maximum Gasteiger partial charge on any atom is 0.0826 e. The summed E-state index contributed by atoms with van der Waals surface area (Å²) in [4.78, 5) is 3.63. The van der Waals surface area contributed by atoms with E-state index in [4.69, 9.17) is 4.74 Å². The van der Waals surface area contributed by atoms with Crippen molar-refractivity contribution in [2.75, 3.05) is 20.2 Å². The van der Waals surface area contributed by atoms with Crippen molar-refractivity contribution in [2.45, 2.75) is 51.7 Å². The van der Waals surface area contributed by atoms with Gasteiger partial charge in [0.15, 0.2) is 0 Å². The zero-order valence-electron chi connectivity index (χ0n) is 11.6. The fourth-order valence-electron chi connectivity index (χ4n) is 2.37. The summed E-state index contributed by atoms with van der Waals surface area (Å²) < 4.78 is 9.85. The zero-order chi connectivity index (χ0) is 13.0. The van der Waals surface area contributed by atoms with Crippen LogP contribution in [0, 0.1) is 0 Å². The van der Waals surface area contributed by atoms with Gasteiger partial charge >= 0.3 is 0 Å². The Morgan fingerprint density at radius 3 is 2.94 bits per heavy atom. The van der Waals surface area contributed by atoms with Crippen LogP contribution in [-0.2, 0) is 11.3 Å². The Labute approximate surface area is 114 Å². The van der Waals surface area contributed by atoms with Gasteiger partial charge in [-0.3, -0.25) is 4.90 Å². The first kappa shape index (κ1) is 13.9. The van der Waals surface area contributed by atoms with Crippen molar-refractivity contribution in [3.8, 4) is 0 Å². The molecule has 4 nitrogen and oxygen atoms in total. The van der Waals surface area contributed by atoms with Crippen molar-refractivity contribution in [3.63, 3.8) is 0 Å². The van der Waals surface area contributed by atoms with Gasteiger partial charge in [-0.15, -0.1) is 5.10 Å². The van der Waals surface area contributed by atoms with Gasteiger partial charge in [0.1, 0.15) is 0 Å². The van der Waals surface area contributed by atoms with Crippen molar-refractivity contribution in [1.82, 2.24) is 14.5 Å². The molecule has 0 saturated carbocycles. The maximum atomic E-state index is 5.78. The van der Waals surface area contributed by atoms with Gasteiger partial charge < -0.3 is 4.74 Å². The first-order chi connectivity index (χ1) is 8.66. The van der Waals surface area contributed by atoms with Crippen LogP contribution in [0.2, 0.25) is 0 Å². The highest BCUT2D eigenvalue weighted by atomic mass is 32.1. The number of nitrogens with zero attached hydrogens (tertiary/aromatic N) is 3. The molecule has 0 spiro atoms. The molecule has 0 N–H and O–H groups in total. The number of hydrogen-bond donors (Lipinski definition) is 0. The minimum Gasteiger partial charge on any atom is -0.377 e. The van der Waals surface area contributed by atoms with Gasteiger partial charge in [-0.05, 0) is 43.8 Å². The molecule has 2 rings (SSSR count). The molecule has 0 bridgehead atoms. The molecule has 1 saturated heterocycles. The molecule has 1 aromatic heterocycles. The highest BCUT2D eigenvalue weighted by Gasteiger charge is 2.18. The largest absolute Gasteiger partial charge is 0.377 e. The predicted octanol–water partition coefficient (Wildman–Crippen LogP) is 2.66. The molecule has 5 heteroatoms. The summed E-state index contributed by atoms with van der Waals surface area (Å²) in [5.41, 5.74) is 1.15. The molecule has 18 heavy (non-hydrogen) atoms. The molecule has 1 aromatic rings. The Kier molecular flexibility index (Phi) is 5.09. The first-order valence-corrected chi connectivity index (χ1v) is 7.55. The van der Waals surface area contributed by atoms with Crippen LogP contribution in [0.1, 0.15) is 49.6 Å². The van der Waals surface area contributed by atoms with Gasteiger partial charge in [0.25, 0.3) is 0 Å². The van der Waals surface area contributed by atoms with E-state index >= 15 is 0 Å². The van der Waals surface area contributed by atoms with E-state index in [1.165, 1.54) is 35.7 Å². The summed E-state index contributed by atoms with van der Waals surface area (Å²) in [6.07, 6.45) is 4.13. The van der Waals surface area contributed by atoms with E-state index in [-0.39, 0.29) is 0 Å². The lowest BCUT2D eigenvalue weighted by Crippen LogP contribution is -2.33.